The lowest BCUT2D eigenvalue weighted by molar-refractivity contribution is 0.0380. The number of hydrogen-bond donors (Lipinski definition) is 1. The van der Waals surface area contributed by atoms with Gasteiger partial charge in [0.15, 0.2) is 0 Å². The summed E-state index contributed by atoms with van der Waals surface area (Å²) in [6, 6.07) is 13.4. The van der Waals surface area contributed by atoms with E-state index in [0.29, 0.717) is 23.7 Å². The minimum absolute atomic E-state index is 0.585. The van der Waals surface area contributed by atoms with Crippen LogP contribution in [0.5, 0.6) is 0 Å². The van der Waals surface area contributed by atoms with Crippen LogP contribution < -0.4 is 4.90 Å². The van der Waals surface area contributed by atoms with Crippen LogP contribution in [0.2, 0.25) is 5.02 Å². The van der Waals surface area contributed by atoms with E-state index < -0.39 is 6.23 Å². The molecule has 0 saturated carbocycles. The van der Waals surface area contributed by atoms with Gasteiger partial charge < -0.3 is 10.0 Å². The highest BCUT2D eigenvalue weighted by Gasteiger charge is 2.23. The fourth-order valence-electron chi connectivity index (χ4n) is 3.64. The molecule has 6 nitrogen and oxygen atoms in total. The van der Waals surface area contributed by atoms with Crippen LogP contribution in [0.4, 0.5) is 5.82 Å². The topological polar surface area (TPSA) is 76.3 Å². The third-order valence-electron chi connectivity index (χ3n) is 5.20. The smallest absolute Gasteiger partial charge is 0.140 e. The van der Waals surface area contributed by atoms with Crippen molar-refractivity contribution < 1.29 is 5.11 Å². The van der Waals surface area contributed by atoms with Crippen LogP contribution in [0.25, 0.3) is 22.0 Å². The van der Waals surface area contributed by atoms with Gasteiger partial charge in [-0.3, -0.25) is 4.90 Å². The van der Waals surface area contributed by atoms with Crippen molar-refractivity contribution in [3.05, 3.63) is 66.0 Å². The van der Waals surface area contributed by atoms with Gasteiger partial charge in [-0.2, -0.15) is 5.26 Å². The second kappa shape index (κ2) is 8.18. The van der Waals surface area contributed by atoms with E-state index in [4.69, 9.17) is 16.9 Å². The lowest BCUT2D eigenvalue weighted by Crippen LogP contribution is -2.50. The largest absolute Gasteiger partial charge is 0.375 e. The fraction of sp³-hybridized carbons (Fsp3) is 0.227. The van der Waals surface area contributed by atoms with Crippen molar-refractivity contribution >= 4 is 28.3 Å². The van der Waals surface area contributed by atoms with Gasteiger partial charge in [0.05, 0.1) is 17.1 Å². The minimum Gasteiger partial charge on any atom is -0.375 e. The Balaban J connectivity index is 1.69. The summed E-state index contributed by atoms with van der Waals surface area (Å²) in [5.74, 6) is 0.835. The first-order valence-electron chi connectivity index (χ1n) is 9.35. The molecule has 0 amide bonds. The molecule has 4 rings (SSSR count). The van der Waals surface area contributed by atoms with Crippen LogP contribution in [0.15, 0.2) is 55.4 Å². The maximum atomic E-state index is 9.95. The zero-order chi connectivity index (χ0) is 20.4. The summed E-state index contributed by atoms with van der Waals surface area (Å²) in [4.78, 5) is 13.1. The number of rotatable bonds is 4. The number of fused-ring (bicyclic) bond motifs is 1. The molecule has 1 atom stereocenters. The van der Waals surface area contributed by atoms with Gasteiger partial charge in [0.2, 0.25) is 0 Å². The molecule has 146 valence electrons. The molecule has 1 fully saturated rings. The molecular formula is C22H20ClN5O. The van der Waals surface area contributed by atoms with E-state index in [9.17, 15) is 5.11 Å². The van der Waals surface area contributed by atoms with Gasteiger partial charge in [0.1, 0.15) is 18.4 Å². The van der Waals surface area contributed by atoms with Crippen LogP contribution >= 0.6 is 11.6 Å². The Morgan fingerprint density at radius 1 is 1.17 bits per heavy atom. The fourth-order valence-corrected chi connectivity index (χ4v) is 3.91. The molecular weight excluding hydrogens is 386 g/mol. The lowest BCUT2D eigenvalue weighted by atomic mass is 10.0. The second-order valence-corrected chi connectivity index (χ2v) is 7.32. The number of piperazine rings is 1. The number of hydrogen-bond acceptors (Lipinski definition) is 6. The Labute approximate surface area is 174 Å². The predicted octanol–water partition coefficient (Wildman–Crippen LogP) is 3.45. The van der Waals surface area contributed by atoms with Crippen LogP contribution in [-0.2, 0) is 0 Å². The summed E-state index contributed by atoms with van der Waals surface area (Å²) in [6.07, 6.45) is 2.48. The first kappa shape index (κ1) is 19.3. The van der Waals surface area contributed by atoms with Crippen molar-refractivity contribution in [1.82, 2.24) is 14.9 Å². The van der Waals surface area contributed by atoms with Crippen molar-refractivity contribution in [1.29, 1.82) is 5.26 Å². The lowest BCUT2D eigenvalue weighted by Gasteiger charge is -2.37. The first-order chi connectivity index (χ1) is 14.1. The SMILES string of the molecule is C=CC(O)N1CCN(c2ncnc3cc(-c4cccc(C#N)c4)c(Cl)cc23)CC1. The van der Waals surface area contributed by atoms with E-state index in [0.717, 1.165) is 40.9 Å². The quantitative estimate of drug-likeness (QED) is 0.670. The number of aliphatic hydroxyl groups is 1. The highest BCUT2D eigenvalue weighted by Crippen LogP contribution is 2.35. The van der Waals surface area contributed by atoms with Gasteiger partial charge in [0.25, 0.3) is 0 Å². The number of nitrogens with zero attached hydrogens (tertiary/aromatic N) is 5. The molecule has 1 N–H and O–H groups in total. The summed E-state index contributed by atoms with van der Waals surface area (Å²) in [7, 11) is 0. The Hall–Kier alpha value is -2.98. The van der Waals surface area contributed by atoms with Gasteiger partial charge in [-0.05, 0) is 35.9 Å². The Bertz CT molecular complexity index is 1100. The second-order valence-electron chi connectivity index (χ2n) is 6.91. The van der Waals surface area contributed by atoms with Crippen LogP contribution in [-0.4, -0.2) is 52.4 Å². The summed E-state index contributed by atoms with van der Waals surface area (Å²) in [6.45, 7) is 6.55. The minimum atomic E-state index is -0.625. The van der Waals surface area contributed by atoms with Gasteiger partial charge in [-0.1, -0.05) is 30.3 Å². The zero-order valence-electron chi connectivity index (χ0n) is 15.8. The first-order valence-corrected chi connectivity index (χ1v) is 9.73. The molecule has 1 unspecified atom stereocenters. The standard InChI is InChI=1S/C22H20ClN5O/c1-2-21(29)27-6-8-28(9-7-27)22-18-11-19(23)17(12-20(18)25-14-26-22)16-5-3-4-15(10-16)13-24/h2-5,10-12,14,21,29H,1,6-9H2. The summed E-state index contributed by atoms with van der Waals surface area (Å²) >= 11 is 6.62. The van der Waals surface area contributed by atoms with Crippen molar-refractivity contribution in [3.8, 4) is 17.2 Å². The van der Waals surface area contributed by atoms with Crippen molar-refractivity contribution in [3.63, 3.8) is 0 Å². The van der Waals surface area contributed by atoms with Crippen LogP contribution in [0, 0.1) is 11.3 Å². The predicted molar refractivity (Wildman–Crippen MR) is 115 cm³/mol. The van der Waals surface area contributed by atoms with E-state index in [1.165, 1.54) is 0 Å². The van der Waals surface area contributed by atoms with E-state index in [1.54, 1.807) is 18.5 Å². The number of anilines is 1. The van der Waals surface area contributed by atoms with Gasteiger partial charge in [-0.25, -0.2) is 9.97 Å². The third-order valence-corrected chi connectivity index (χ3v) is 5.52. The Morgan fingerprint density at radius 3 is 2.69 bits per heavy atom. The number of benzene rings is 2. The average molecular weight is 406 g/mol. The molecule has 2 aromatic carbocycles. The molecule has 2 heterocycles. The van der Waals surface area contributed by atoms with Crippen molar-refractivity contribution in [2.75, 3.05) is 31.1 Å². The number of nitriles is 1. The maximum Gasteiger partial charge on any atom is 0.140 e. The number of aliphatic hydroxyl groups excluding tert-OH is 1. The van der Waals surface area contributed by atoms with E-state index in [-0.39, 0.29) is 0 Å². The molecule has 1 aliphatic rings. The van der Waals surface area contributed by atoms with Crippen molar-refractivity contribution in [2.45, 2.75) is 6.23 Å². The molecule has 1 aromatic heterocycles. The van der Waals surface area contributed by atoms with E-state index in [1.807, 2.05) is 35.2 Å². The van der Waals surface area contributed by atoms with Gasteiger partial charge >= 0.3 is 0 Å². The maximum absolute atomic E-state index is 9.95. The number of aromatic nitrogens is 2. The molecule has 0 aliphatic carbocycles. The third kappa shape index (κ3) is 3.81. The molecule has 29 heavy (non-hydrogen) atoms. The molecule has 3 aromatic rings. The molecule has 0 bridgehead atoms. The average Bonchev–Trinajstić information content (AvgIpc) is 2.78. The van der Waals surface area contributed by atoms with Gasteiger partial charge in [0, 0.05) is 42.2 Å². The molecule has 7 heteroatoms. The van der Waals surface area contributed by atoms with Crippen LogP contribution in [0.1, 0.15) is 5.56 Å². The van der Waals surface area contributed by atoms with E-state index in [2.05, 4.69) is 27.5 Å². The van der Waals surface area contributed by atoms with Gasteiger partial charge in [-0.15, -0.1) is 0 Å². The Morgan fingerprint density at radius 2 is 1.97 bits per heavy atom. The highest BCUT2D eigenvalue weighted by atomic mass is 35.5. The summed E-state index contributed by atoms with van der Waals surface area (Å²) < 4.78 is 0. The Kier molecular flexibility index (Phi) is 5.45. The molecule has 0 spiro atoms. The number of halogens is 1. The van der Waals surface area contributed by atoms with E-state index >= 15 is 0 Å². The van der Waals surface area contributed by atoms with Crippen molar-refractivity contribution in [2.24, 2.45) is 0 Å². The molecule has 1 saturated heterocycles. The summed E-state index contributed by atoms with van der Waals surface area (Å²) in [5, 5.41) is 20.6. The monoisotopic (exact) mass is 405 g/mol. The zero-order valence-corrected chi connectivity index (χ0v) is 16.5. The van der Waals surface area contributed by atoms with Crippen LogP contribution in [0.3, 0.4) is 0 Å². The molecule has 1 aliphatic heterocycles. The highest BCUT2D eigenvalue weighted by molar-refractivity contribution is 6.34. The molecule has 0 radical (unpaired) electrons. The normalized spacial score (nSPS) is 15.8. The summed E-state index contributed by atoms with van der Waals surface area (Å²) in [5.41, 5.74) is 3.09.